The first-order valence-corrected chi connectivity index (χ1v) is 3.12. The first-order chi connectivity index (χ1) is 5.86. The minimum atomic E-state index is -2.98. The molecule has 8 heteroatoms. The van der Waals surface area contributed by atoms with E-state index in [1.54, 1.807) is 0 Å². The number of nitrogens with zero attached hydrogens (tertiary/aromatic N) is 1. The van der Waals surface area contributed by atoms with Gasteiger partial charge in [0.15, 0.2) is 0 Å². The van der Waals surface area contributed by atoms with E-state index in [0.717, 1.165) is 0 Å². The van der Waals surface area contributed by atoms with Gasteiger partial charge in [0.25, 0.3) is 0 Å². The minimum absolute atomic E-state index is 1.90. The molecule has 0 bridgehead atoms. The molecule has 3 N–H and O–H groups in total. The van der Waals surface area contributed by atoms with Crippen LogP contribution < -0.4 is 0 Å². The highest BCUT2D eigenvalue weighted by molar-refractivity contribution is 6.34. The summed E-state index contributed by atoms with van der Waals surface area (Å²) in [5.74, 6) is -3.86. The molecule has 7 nitrogen and oxygen atoms in total. The molecule has 0 aliphatic heterocycles. The van der Waals surface area contributed by atoms with Crippen molar-refractivity contribution in [3.8, 4) is 0 Å². The summed E-state index contributed by atoms with van der Waals surface area (Å²) >= 11 is 5.05. The highest BCUT2D eigenvalue weighted by Gasteiger charge is 2.55. The summed E-state index contributed by atoms with van der Waals surface area (Å²) in [5, 5.41) is 24.5. The van der Waals surface area contributed by atoms with Crippen molar-refractivity contribution in [1.82, 2.24) is 0 Å². The molecule has 2 atom stereocenters. The van der Waals surface area contributed by atoms with E-state index in [2.05, 4.69) is 9.85 Å². The Kier molecular flexibility index (Phi) is 3.47. The Morgan fingerprint density at radius 2 is 2.00 bits per heavy atom. The number of carboxylic acids is 2. The molecule has 0 saturated heterocycles. The number of hydrogen-bond donors (Lipinski definition) is 3. The summed E-state index contributed by atoms with van der Waals surface area (Å²) < 4.78 is 0. The average Bonchev–Trinajstić information content (AvgIpc) is 2.02. The zero-order valence-electron chi connectivity index (χ0n) is 5.97. The first-order valence-electron chi connectivity index (χ1n) is 2.74. The Hall–Kier alpha value is -1.52. The lowest BCUT2D eigenvalue weighted by molar-refractivity contribution is -0.172. The molecule has 0 saturated carbocycles. The second-order valence-corrected chi connectivity index (χ2v) is 2.44. The fourth-order valence-corrected chi connectivity index (χ4v) is 0.559. The Bertz CT molecular complexity index is 273. The van der Waals surface area contributed by atoms with Crippen molar-refractivity contribution in [2.45, 2.75) is 11.2 Å². The Morgan fingerprint density at radius 1 is 1.54 bits per heavy atom. The van der Waals surface area contributed by atoms with E-state index in [9.17, 15) is 9.59 Å². The number of aliphatic carboxylic acids is 2. The van der Waals surface area contributed by atoms with Crippen LogP contribution in [-0.2, 0) is 14.4 Å². The quantitative estimate of drug-likeness (QED) is 0.321. The summed E-state index contributed by atoms with van der Waals surface area (Å²) in [7, 11) is 0. The lowest BCUT2D eigenvalue weighted by Gasteiger charge is -2.16. The maximum Gasteiger partial charge on any atom is 0.398 e. The first kappa shape index (κ1) is 11.5. The van der Waals surface area contributed by atoms with Gasteiger partial charge in [-0.25, -0.2) is 9.59 Å². The summed E-state index contributed by atoms with van der Waals surface area (Å²) in [5.41, 5.74) is 0. The molecule has 2 unspecified atom stereocenters. The predicted molar refractivity (Wildman–Crippen MR) is 37.5 cm³/mol. The molecular weight excluding hydrogens is 206 g/mol. The fourth-order valence-electron chi connectivity index (χ4n) is 0.431. The lowest BCUT2D eigenvalue weighted by Crippen LogP contribution is -2.49. The van der Waals surface area contributed by atoms with E-state index < -0.39 is 23.1 Å². The van der Waals surface area contributed by atoms with Crippen molar-refractivity contribution >= 4 is 23.5 Å². The van der Waals surface area contributed by atoms with Crippen LogP contribution >= 0.6 is 11.6 Å². The largest absolute Gasteiger partial charge is 0.479 e. The number of rotatable bonds is 4. The molecule has 0 aromatic carbocycles. The van der Waals surface area contributed by atoms with E-state index >= 15 is 0 Å². The van der Waals surface area contributed by atoms with Crippen LogP contribution in [-0.4, -0.2) is 38.4 Å². The summed E-state index contributed by atoms with van der Waals surface area (Å²) in [6.07, 6.45) is -2.53. The highest BCUT2D eigenvalue weighted by Crippen LogP contribution is 2.23. The highest BCUT2D eigenvalue weighted by atomic mass is 35.5. The molecule has 13 heavy (non-hydrogen) atoms. The number of halogens is 1. The predicted octanol–water partition coefficient (Wildman–Crippen LogP) is -0.698. The van der Waals surface area contributed by atoms with Crippen molar-refractivity contribution in [3.63, 3.8) is 0 Å². The van der Waals surface area contributed by atoms with Crippen LogP contribution in [0, 0.1) is 6.57 Å². The Labute approximate surface area is 76.9 Å². The molecular formula is C5H4ClNO6. The number of alkyl halides is 1. The van der Waals surface area contributed by atoms with Gasteiger partial charge in [-0.15, -0.1) is 0 Å². The number of carbonyl (C=O) groups is 2. The van der Waals surface area contributed by atoms with Crippen LogP contribution in [0.1, 0.15) is 0 Å². The third-order valence-electron chi connectivity index (χ3n) is 1.06. The molecule has 0 aliphatic carbocycles. The van der Waals surface area contributed by atoms with Crippen molar-refractivity contribution in [2.75, 3.05) is 0 Å². The lowest BCUT2D eigenvalue weighted by atomic mass is 10.2. The molecule has 0 aromatic rings. The van der Waals surface area contributed by atoms with E-state index in [0.29, 0.717) is 0 Å². The van der Waals surface area contributed by atoms with Crippen LogP contribution in [0.25, 0.3) is 5.01 Å². The Morgan fingerprint density at radius 3 is 2.23 bits per heavy atom. The maximum absolute atomic E-state index is 10.3. The molecule has 0 amide bonds. The van der Waals surface area contributed by atoms with Gasteiger partial charge in [0.1, 0.15) is 0 Å². The van der Waals surface area contributed by atoms with E-state index in [4.69, 9.17) is 33.5 Å². The zero-order valence-corrected chi connectivity index (χ0v) is 6.72. The normalized spacial score (nSPS) is 16.4. The van der Waals surface area contributed by atoms with Gasteiger partial charge in [-0.2, -0.15) is 11.4 Å². The van der Waals surface area contributed by atoms with Crippen LogP contribution in [0.2, 0.25) is 0 Å². The molecule has 0 rings (SSSR count). The fraction of sp³-hybridized carbons (Fsp3) is 0.400. The van der Waals surface area contributed by atoms with Gasteiger partial charge in [0.2, 0.25) is 6.10 Å². The van der Waals surface area contributed by atoms with Crippen LogP contribution in [0.5, 0.6) is 0 Å². The van der Waals surface area contributed by atoms with Gasteiger partial charge in [-0.3, -0.25) is 0 Å². The second kappa shape index (κ2) is 3.93. The molecule has 0 radical (unpaired) electrons. The van der Waals surface area contributed by atoms with Gasteiger partial charge in [-0.05, 0) is 5.01 Å². The van der Waals surface area contributed by atoms with Crippen LogP contribution in [0.15, 0.2) is 0 Å². The summed E-state index contributed by atoms with van der Waals surface area (Å²) in [6, 6.07) is 0. The van der Waals surface area contributed by atoms with Crippen molar-refractivity contribution in [2.24, 2.45) is 0 Å². The SMILES string of the molecule is [C-]#[N+]OC(Cl)(C(=O)O)C(O)C(=O)O. The van der Waals surface area contributed by atoms with Gasteiger partial charge >= 0.3 is 17.0 Å². The van der Waals surface area contributed by atoms with Gasteiger partial charge in [0.05, 0.1) is 0 Å². The smallest absolute Gasteiger partial charge is 0.398 e. The number of aliphatic hydroxyl groups excluding tert-OH is 1. The molecule has 72 valence electrons. The third-order valence-corrected chi connectivity index (χ3v) is 1.49. The average molecular weight is 210 g/mol. The molecule has 0 heterocycles. The van der Waals surface area contributed by atoms with Crippen LogP contribution in [0.4, 0.5) is 0 Å². The van der Waals surface area contributed by atoms with E-state index in [-0.39, 0.29) is 0 Å². The molecule has 0 spiro atoms. The number of hydrogen-bond acceptors (Lipinski definition) is 4. The molecule has 0 aromatic heterocycles. The van der Waals surface area contributed by atoms with Crippen molar-refractivity contribution in [3.05, 3.63) is 11.6 Å². The third kappa shape index (κ3) is 2.21. The topological polar surface area (TPSA) is 108 Å². The second-order valence-electron chi connectivity index (χ2n) is 1.87. The monoisotopic (exact) mass is 209 g/mol. The minimum Gasteiger partial charge on any atom is -0.479 e. The van der Waals surface area contributed by atoms with Crippen molar-refractivity contribution in [1.29, 1.82) is 0 Å². The van der Waals surface area contributed by atoms with Gasteiger partial charge in [-0.1, -0.05) is 11.6 Å². The van der Waals surface area contributed by atoms with Gasteiger partial charge < -0.3 is 15.3 Å². The van der Waals surface area contributed by atoms with E-state index in [1.807, 2.05) is 0 Å². The summed E-state index contributed by atoms with van der Waals surface area (Å²) in [6.45, 7) is 6.14. The van der Waals surface area contributed by atoms with Crippen LogP contribution in [0.3, 0.4) is 0 Å². The van der Waals surface area contributed by atoms with Gasteiger partial charge in [0, 0.05) is 0 Å². The summed E-state index contributed by atoms with van der Waals surface area (Å²) in [4.78, 5) is 24.2. The van der Waals surface area contributed by atoms with E-state index in [1.165, 1.54) is 0 Å². The zero-order chi connectivity index (χ0) is 10.6. The standard InChI is InChI=1S/C5H4ClNO6/c1-7-13-5(6,4(11)12)2(8)3(9)10/h2,8H,(H,9,10)(H,11,12). The Balaban J connectivity index is 4.91. The van der Waals surface area contributed by atoms with Crippen molar-refractivity contribution < 1.29 is 29.7 Å². The molecule has 0 aliphatic rings. The molecule has 0 fully saturated rings. The number of aliphatic hydroxyl groups is 1. The maximum atomic E-state index is 10.3. The number of carboxylic acid groups (broad SMARTS) is 2.